The highest BCUT2D eigenvalue weighted by Gasteiger charge is 2.36. The molecule has 2 amide bonds. The van der Waals surface area contributed by atoms with Gasteiger partial charge in [-0.05, 0) is 42.3 Å². The minimum atomic E-state index is -0.345. The van der Waals surface area contributed by atoms with Crippen molar-refractivity contribution in [1.82, 2.24) is 20.2 Å². The van der Waals surface area contributed by atoms with Gasteiger partial charge in [0.05, 0.1) is 38.5 Å². The Labute approximate surface area is 244 Å². The summed E-state index contributed by atoms with van der Waals surface area (Å²) in [5.41, 5.74) is 8.39. The van der Waals surface area contributed by atoms with E-state index >= 15 is 0 Å². The van der Waals surface area contributed by atoms with Crippen molar-refractivity contribution in [2.24, 2.45) is 0 Å². The van der Waals surface area contributed by atoms with Crippen LogP contribution in [0.5, 0.6) is 11.5 Å². The van der Waals surface area contributed by atoms with Crippen molar-refractivity contribution in [3.05, 3.63) is 65.2 Å². The van der Waals surface area contributed by atoms with Gasteiger partial charge in [-0.2, -0.15) is 9.97 Å². The molecule has 2 saturated heterocycles. The molecule has 42 heavy (non-hydrogen) atoms. The fraction of sp³-hybridized carbons (Fsp3) is 0.400. The molecule has 3 N–H and O–H groups in total. The monoisotopic (exact) mass is 573 g/mol. The number of rotatable bonds is 2. The quantitative estimate of drug-likeness (QED) is 0.468. The number of anilines is 3. The van der Waals surface area contributed by atoms with E-state index in [0.29, 0.717) is 55.8 Å². The van der Waals surface area contributed by atoms with E-state index < -0.39 is 0 Å². The number of benzene rings is 2. The zero-order valence-electron chi connectivity index (χ0n) is 23.8. The van der Waals surface area contributed by atoms with Gasteiger partial charge >= 0.3 is 0 Å². The lowest BCUT2D eigenvalue weighted by Crippen LogP contribution is -2.48. The van der Waals surface area contributed by atoms with Crippen molar-refractivity contribution in [3.8, 4) is 11.5 Å². The summed E-state index contributed by atoms with van der Waals surface area (Å²) < 4.78 is 18.1. The number of aryl methyl sites for hydroxylation is 1. The summed E-state index contributed by atoms with van der Waals surface area (Å²) in [6.45, 7) is 5.78. The number of hydrogen-bond donors (Lipinski definition) is 2. The first-order valence-electron chi connectivity index (χ1n) is 14.1. The van der Waals surface area contributed by atoms with Crippen LogP contribution in [0.15, 0.2) is 48.5 Å². The largest absolute Gasteiger partial charge is 0.457 e. The SMILES string of the molecule is Cc1ccc2cc1Oc1cccc(c1)CO[C@H]1CN(c3cc(N4CCOCC4)nc(N)n3)C[C@@H]1NC(=O)CN(C)C2=O. The number of nitrogens with zero attached hydrogens (tertiary/aromatic N) is 5. The van der Waals surface area contributed by atoms with Crippen LogP contribution in [0, 0.1) is 6.92 Å². The first kappa shape index (κ1) is 27.7. The number of likely N-dealkylation sites (N-methyl/N-ethyl adjacent to an activating group) is 1. The molecule has 0 aliphatic carbocycles. The second-order valence-corrected chi connectivity index (χ2v) is 10.9. The van der Waals surface area contributed by atoms with E-state index in [4.69, 9.17) is 19.9 Å². The number of carbonyl (C=O) groups is 2. The molecule has 0 radical (unpaired) electrons. The van der Waals surface area contributed by atoms with Crippen molar-refractivity contribution >= 4 is 29.4 Å². The van der Waals surface area contributed by atoms with Crippen LogP contribution >= 0.6 is 0 Å². The topological polar surface area (TPSA) is 135 Å². The zero-order chi connectivity index (χ0) is 29.2. The van der Waals surface area contributed by atoms with E-state index in [-0.39, 0.29) is 36.5 Å². The summed E-state index contributed by atoms with van der Waals surface area (Å²) in [7, 11) is 1.61. The third-order valence-corrected chi connectivity index (χ3v) is 7.74. The first-order valence-corrected chi connectivity index (χ1v) is 14.1. The molecule has 220 valence electrons. The van der Waals surface area contributed by atoms with Gasteiger partial charge in [0.1, 0.15) is 23.1 Å². The maximum absolute atomic E-state index is 13.2. The number of hydrogen-bond acceptors (Lipinski definition) is 10. The number of amides is 2. The summed E-state index contributed by atoms with van der Waals surface area (Å²) >= 11 is 0. The molecule has 4 heterocycles. The second kappa shape index (κ2) is 11.8. The van der Waals surface area contributed by atoms with Gasteiger partial charge in [-0.15, -0.1) is 0 Å². The molecule has 2 atom stereocenters. The standard InChI is InChI=1S/C30H35N7O5/c1-19-6-7-21-13-24(19)42-22-5-3-4-20(12-22)18-41-25-16-37(15-23(25)32-28(38)17-35(2)29(21)39)27-14-26(33-30(31)34-27)36-8-10-40-11-9-36/h3-7,12-14,23,25H,8-11,15-18H2,1-2H3,(H,32,38)(H2,31,33,34)/t23-,25-/m0/s1. The number of nitrogen functional groups attached to an aromatic ring is 1. The molecule has 3 aliphatic heterocycles. The molecule has 4 bridgehead atoms. The summed E-state index contributed by atoms with van der Waals surface area (Å²) in [6, 6.07) is 14.5. The number of nitrogens with one attached hydrogen (secondary N) is 1. The van der Waals surface area contributed by atoms with Gasteiger partial charge in [-0.25, -0.2) is 0 Å². The van der Waals surface area contributed by atoms with Crippen molar-refractivity contribution in [3.63, 3.8) is 0 Å². The fourth-order valence-corrected chi connectivity index (χ4v) is 5.46. The predicted octanol–water partition coefficient (Wildman–Crippen LogP) is 1.97. The molecule has 12 nitrogen and oxygen atoms in total. The highest BCUT2D eigenvalue weighted by molar-refractivity contribution is 5.96. The van der Waals surface area contributed by atoms with Crippen LogP contribution < -0.4 is 25.6 Å². The Morgan fingerprint density at radius 2 is 1.76 bits per heavy atom. The Balaban J connectivity index is 1.27. The average Bonchev–Trinajstić information content (AvgIpc) is 3.39. The van der Waals surface area contributed by atoms with Gasteiger partial charge in [0.25, 0.3) is 5.91 Å². The van der Waals surface area contributed by atoms with Crippen LogP contribution in [-0.2, 0) is 20.9 Å². The molecular formula is C30H35N7O5. The highest BCUT2D eigenvalue weighted by atomic mass is 16.5. The normalized spacial score (nSPS) is 21.5. The number of morpholine rings is 1. The molecule has 0 unspecified atom stereocenters. The van der Waals surface area contributed by atoms with Gasteiger partial charge in [0.15, 0.2) is 0 Å². The lowest BCUT2D eigenvalue weighted by molar-refractivity contribution is -0.123. The van der Waals surface area contributed by atoms with Crippen LogP contribution in [0.2, 0.25) is 0 Å². The van der Waals surface area contributed by atoms with Gasteiger partial charge in [0.2, 0.25) is 11.9 Å². The van der Waals surface area contributed by atoms with E-state index in [1.54, 1.807) is 19.2 Å². The minimum absolute atomic E-state index is 0.104. The molecule has 1 aromatic heterocycles. The van der Waals surface area contributed by atoms with Crippen LogP contribution in [0.4, 0.5) is 17.6 Å². The molecule has 3 aromatic rings. The Morgan fingerprint density at radius 3 is 2.57 bits per heavy atom. The predicted molar refractivity (Wildman–Crippen MR) is 157 cm³/mol. The summed E-state index contributed by atoms with van der Waals surface area (Å²) in [5.74, 6) is 2.26. The lowest BCUT2D eigenvalue weighted by atomic mass is 10.1. The Bertz CT molecular complexity index is 1480. The van der Waals surface area contributed by atoms with Gasteiger partial charge in [-0.3, -0.25) is 9.59 Å². The Kier molecular flexibility index (Phi) is 7.81. The lowest BCUT2D eigenvalue weighted by Gasteiger charge is -2.28. The molecule has 2 aromatic carbocycles. The van der Waals surface area contributed by atoms with Crippen LogP contribution in [0.25, 0.3) is 0 Å². The maximum atomic E-state index is 13.2. The van der Waals surface area contributed by atoms with Gasteiger partial charge in [0, 0.05) is 44.9 Å². The van der Waals surface area contributed by atoms with Crippen molar-refractivity contribution in [2.45, 2.75) is 25.7 Å². The zero-order valence-corrected chi connectivity index (χ0v) is 23.8. The van der Waals surface area contributed by atoms with E-state index in [2.05, 4.69) is 20.2 Å². The molecule has 6 rings (SSSR count). The average molecular weight is 574 g/mol. The van der Waals surface area contributed by atoms with Crippen LogP contribution in [0.1, 0.15) is 21.5 Å². The molecule has 0 saturated carbocycles. The summed E-state index contributed by atoms with van der Waals surface area (Å²) in [4.78, 5) is 40.9. The molecule has 2 fully saturated rings. The van der Waals surface area contributed by atoms with E-state index in [9.17, 15) is 9.59 Å². The van der Waals surface area contributed by atoms with E-state index in [1.165, 1.54) is 4.90 Å². The molecular weight excluding hydrogens is 538 g/mol. The number of aromatic nitrogens is 2. The van der Waals surface area contributed by atoms with Crippen molar-refractivity contribution < 1.29 is 23.8 Å². The number of nitrogens with two attached hydrogens (primary N) is 1. The summed E-state index contributed by atoms with van der Waals surface area (Å²) in [6.07, 6.45) is -0.342. The van der Waals surface area contributed by atoms with Crippen LogP contribution in [-0.4, -0.2) is 91.8 Å². The minimum Gasteiger partial charge on any atom is -0.457 e. The van der Waals surface area contributed by atoms with Gasteiger partial charge < -0.3 is 40.0 Å². The third kappa shape index (κ3) is 6.09. The maximum Gasteiger partial charge on any atom is 0.254 e. The number of carbonyl (C=O) groups excluding carboxylic acids is 2. The molecule has 12 heteroatoms. The Morgan fingerprint density at radius 1 is 0.976 bits per heavy atom. The van der Waals surface area contributed by atoms with Crippen molar-refractivity contribution in [1.29, 1.82) is 0 Å². The summed E-state index contributed by atoms with van der Waals surface area (Å²) in [5, 5.41) is 3.10. The van der Waals surface area contributed by atoms with Gasteiger partial charge in [-0.1, -0.05) is 18.2 Å². The Hall–Kier alpha value is -4.42. The molecule has 3 aliphatic rings. The van der Waals surface area contributed by atoms with E-state index in [0.717, 1.165) is 30.0 Å². The van der Waals surface area contributed by atoms with E-state index in [1.807, 2.05) is 48.2 Å². The number of fused-ring (bicyclic) bond motifs is 5. The van der Waals surface area contributed by atoms with Crippen LogP contribution in [0.3, 0.4) is 0 Å². The smallest absolute Gasteiger partial charge is 0.254 e. The highest BCUT2D eigenvalue weighted by Crippen LogP contribution is 2.29. The first-order chi connectivity index (χ1) is 20.3. The third-order valence-electron chi connectivity index (χ3n) is 7.74. The van der Waals surface area contributed by atoms with Crippen molar-refractivity contribution in [2.75, 3.05) is 68.5 Å². The second-order valence-electron chi connectivity index (χ2n) is 10.9. The fourth-order valence-electron chi connectivity index (χ4n) is 5.46. The number of ether oxygens (including phenoxy) is 3. The molecule has 0 spiro atoms.